The molecule has 29 heavy (non-hydrogen) atoms. The lowest BCUT2D eigenvalue weighted by atomic mass is 10.2. The highest BCUT2D eigenvalue weighted by molar-refractivity contribution is 6.02. The van der Waals surface area contributed by atoms with Crippen LogP contribution in [0.2, 0.25) is 0 Å². The molecule has 1 amide bonds. The van der Waals surface area contributed by atoms with Crippen LogP contribution in [0.3, 0.4) is 0 Å². The van der Waals surface area contributed by atoms with Crippen LogP contribution >= 0.6 is 0 Å². The minimum absolute atomic E-state index is 0.201. The van der Waals surface area contributed by atoms with E-state index in [9.17, 15) is 4.79 Å². The zero-order chi connectivity index (χ0) is 20.3. The van der Waals surface area contributed by atoms with Crippen LogP contribution in [0.4, 0.5) is 5.69 Å². The van der Waals surface area contributed by atoms with E-state index in [1.807, 2.05) is 78.9 Å². The number of hydrogen-bond donors (Lipinski definition) is 1. The molecule has 0 saturated carbocycles. The number of anilines is 1. The fraction of sp³-hybridized carbons (Fsp3) is 0.160. The highest BCUT2D eigenvalue weighted by Crippen LogP contribution is 2.20. The molecule has 0 aliphatic heterocycles. The Labute approximate surface area is 171 Å². The Morgan fingerprint density at radius 3 is 2.38 bits per heavy atom. The summed E-state index contributed by atoms with van der Waals surface area (Å²) >= 11 is 0. The fourth-order valence-electron chi connectivity index (χ4n) is 2.69. The second-order valence-electron chi connectivity index (χ2n) is 6.51. The third-order valence-electron chi connectivity index (χ3n) is 4.17. The molecule has 0 heterocycles. The molecular weight excluding hydrogens is 362 g/mol. The van der Waals surface area contributed by atoms with Crippen molar-refractivity contribution in [3.63, 3.8) is 0 Å². The number of hydrogen-bond acceptors (Lipinski definition) is 3. The zero-order valence-corrected chi connectivity index (χ0v) is 16.5. The Hall–Kier alpha value is -3.53. The first-order valence-electron chi connectivity index (χ1n) is 9.72. The van der Waals surface area contributed by atoms with Gasteiger partial charge in [-0.15, -0.1) is 0 Å². The number of carbonyl (C=O) groups excluding carboxylic acids is 1. The van der Waals surface area contributed by atoms with Gasteiger partial charge in [-0.1, -0.05) is 55.5 Å². The van der Waals surface area contributed by atoms with E-state index in [4.69, 9.17) is 9.47 Å². The Kier molecular flexibility index (Phi) is 7.47. The highest BCUT2D eigenvalue weighted by Gasteiger charge is 2.02. The fourth-order valence-corrected chi connectivity index (χ4v) is 2.69. The second-order valence-corrected chi connectivity index (χ2v) is 6.51. The summed E-state index contributed by atoms with van der Waals surface area (Å²) in [5.74, 6) is 1.33. The maximum absolute atomic E-state index is 12.2. The van der Waals surface area contributed by atoms with Gasteiger partial charge in [0.1, 0.15) is 18.1 Å². The quantitative estimate of drug-likeness (QED) is 0.479. The SMILES string of the molecule is CCCOc1ccccc1/C=C/C(=O)Nc1ccc(OCc2ccccc2)cc1. The van der Waals surface area contributed by atoms with Gasteiger partial charge in [0.25, 0.3) is 0 Å². The highest BCUT2D eigenvalue weighted by atomic mass is 16.5. The second kappa shape index (κ2) is 10.7. The van der Waals surface area contributed by atoms with Crippen molar-refractivity contribution in [3.8, 4) is 11.5 Å². The molecule has 0 fully saturated rings. The third-order valence-corrected chi connectivity index (χ3v) is 4.17. The van der Waals surface area contributed by atoms with Gasteiger partial charge >= 0.3 is 0 Å². The summed E-state index contributed by atoms with van der Waals surface area (Å²) in [5.41, 5.74) is 2.70. The van der Waals surface area contributed by atoms with Crippen LogP contribution in [0.1, 0.15) is 24.5 Å². The van der Waals surface area contributed by atoms with Crippen molar-refractivity contribution < 1.29 is 14.3 Å². The largest absolute Gasteiger partial charge is 0.493 e. The normalized spacial score (nSPS) is 10.7. The van der Waals surface area contributed by atoms with Crippen LogP contribution in [0.5, 0.6) is 11.5 Å². The Balaban J connectivity index is 1.53. The molecule has 0 spiro atoms. The molecule has 4 nitrogen and oxygen atoms in total. The van der Waals surface area contributed by atoms with Gasteiger partial charge in [0.15, 0.2) is 0 Å². The molecule has 4 heteroatoms. The van der Waals surface area contributed by atoms with E-state index >= 15 is 0 Å². The number of ether oxygens (including phenoxy) is 2. The van der Waals surface area contributed by atoms with Crippen molar-refractivity contribution in [3.05, 3.63) is 96.1 Å². The molecule has 0 atom stereocenters. The van der Waals surface area contributed by atoms with Gasteiger partial charge < -0.3 is 14.8 Å². The molecule has 0 bridgehead atoms. The standard InChI is InChI=1S/C25H25NO3/c1-2-18-28-24-11-7-6-10-21(24)12-17-25(27)26-22-13-15-23(16-14-22)29-19-20-8-4-3-5-9-20/h3-17H,2,18-19H2,1H3,(H,26,27)/b17-12+. The van der Waals surface area contributed by atoms with Crippen molar-refractivity contribution in [2.45, 2.75) is 20.0 Å². The van der Waals surface area contributed by atoms with Crippen LogP contribution in [0.25, 0.3) is 6.08 Å². The number of carbonyl (C=O) groups is 1. The molecule has 0 aliphatic carbocycles. The molecule has 3 rings (SSSR count). The lowest BCUT2D eigenvalue weighted by Crippen LogP contribution is -2.07. The van der Waals surface area contributed by atoms with Crippen LogP contribution in [-0.4, -0.2) is 12.5 Å². The van der Waals surface area contributed by atoms with E-state index in [1.165, 1.54) is 6.08 Å². The Morgan fingerprint density at radius 1 is 0.897 bits per heavy atom. The summed E-state index contributed by atoms with van der Waals surface area (Å²) in [5, 5.41) is 2.85. The predicted molar refractivity (Wildman–Crippen MR) is 117 cm³/mol. The number of nitrogens with one attached hydrogen (secondary N) is 1. The summed E-state index contributed by atoms with van der Waals surface area (Å²) in [6.45, 7) is 3.22. The predicted octanol–water partition coefficient (Wildman–Crippen LogP) is 5.71. The van der Waals surface area contributed by atoms with Crippen molar-refractivity contribution >= 4 is 17.7 Å². The Morgan fingerprint density at radius 2 is 1.62 bits per heavy atom. The van der Waals surface area contributed by atoms with Crippen LogP contribution in [-0.2, 0) is 11.4 Å². The van der Waals surface area contributed by atoms with Gasteiger partial charge in [0, 0.05) is 17.3 Å². The van der Waals surface area contributed by atoms with Crippen molar-refractivity contribution in [2.75, 3.05) is 11.9 Å². The molecule has 148 valence electrons. The van der Waals surface area contributed by atoms with E-state index in [0.717, 1.165) is 29.0 Å². The smallest absolute Gasteiger partial charge is 0.248 e. The first-order valence-corrected chi connectivity index (χ1v) is 9.72. The van der Waals surface area contributed by atoms with Gasteiger partial charge in [-0.3, -0.25) is 4.79 Å². The molecule has 0 radical (unpaired) electrons. The minimum atomic E-state index is -0.201. The molecular formula is C25H25NO3. The van der Waals surface area contributed by atoms with Crippen molar-refractivity contribution in [1.82, 2.24) is 0 Å². The van der Waals surface area contributed by atoms with Gasteiger partial charge in [0.05, 0.1) is 6.61 Å². The first kappa shape index (κ1) is 20.2. The summed E-state index contributed by atoms with van der Waals surface area (Å²) in [7, 11) is 0. The van der Waals surface area contributed by atoms with E-state index in [-0.39, 0.29) is 5.91 Å². The zero-order valence-electron chi connectivity index (χ0n) is 16.5. The maximum Gasteiger partial charge on any atom is 0.248 e. The molecule has 0 aromatic heterocycles. The average Bonchev–Trinajstić information content (AvgIpc) is 2.77. The first-order chi connectivity index (χ1) is 14.2. The number of benzene rings is 3. The van der Waals surface area contributed by atoms with Crippen LogP contribution in [0.15, 0.2) is 84.9 Å². The Bertz CT molecular complexity index is 934. The average molecular weight is 387 g/mol. The topological polar surface area (TPSA) is 47.6 Å². The lowest BCUT2D eigenvalue weighted by Gasteiger charge is -2.08. The van der Waals surface area contributed by atoms with Gasteiger partial charge in [0.2, 0.25) is 5.91 Å². The van der Waals surface area contributed by atoms with Crippen LogP contribution in [0, 0.1) is 0 Å². The summed E-state index contributed by atoms with van der Waals surface area (Å²) in [4.78, 5) is 12.2. The molecule has 3 aromatic carbocycles. The summed E-state index contributed by atoms with van der Waals surface area (Å²) < 4.78 is 11.5. The molecule has 0 saturated heterocycles. The van der Waals surface area contributed by atoms with Gasteiger partial charge in [-0.05, 0) is 48.4 Å². The van der Waals surface area contributed by atoms with E-state index in [1.54, 1.807) is 6.08 Å². The minimum Gasteiger partial charge on any atom is -0.493 e. The summed E-state index contributed by atoms with van der Waals surface area (Å²) in [6, 6.07) is 25.0. The van der Waals surface area contributed by atoms with E-state index < -0.39 is 0 Å². The maximum atomic E-state index is 12.2. The molecule has 1 N–H and O–H groups in total. The number of rotatable bonds is 9. The molecule has 0 unspecified atom stereocenters. The van der Waals surface area contributed by atoms with E-state index in [0.29, 0.717) is 18.9 Å². The summed E-state index contributed by atoms with van der Waals surface area (Å²) in [6.07, 6.45) is 4.20. The molecule has 3 aromatic rings. The third kappa shape index (κ3) is 6.54. The number of para-hydroxylation sites is 1. The van der Waals surface area contributed by atoms with Gasteiger partial charge in [-0.25, -0.2) is 0 Å². The number of amides is 1. The van der Waals surface area contributed by atoms with Crippen molar-refractivity contribution in [1.29, 1.82) is 0 Å². The monoisotopic (exact) mass is 387 g/mol. The van der Waals surface area contributed by atoms with Crippen molar-refractivity contribution in [2.24, 2.45) is 0 Å². The van der Waals surface area contributed by atoms with Crippen LogP contribution < -0.4 is 14.8 Å². The lowest BCUT2D eigenvalue weighted by molar-refractivity contribution is -0.111. The molecule has 0 aliphatic rings. The van der Waals surface area contributed by atoms with Gasteiger partial charge in [-0.2, -0.15) is 0 Å². The van der Waals surface area contributed by atoms with E-state index in [2.05, 4.69) is 12.2 Å².